The number of urea groups is 1. The smallest absolute Gasteiger partial charge is 0.350 e. The van der Waals surface area contributed by atoms with Crippen molar-refractivity contribution in [2.45, 2.75) is 6.92 Å². The summed E-state index contributed by atoms with van der Waals surface area (Å²) in [6.07, 6.45) is 1.44. The number of benzene rings is 3. The van der Waals surface area contributed by atoms with E-state index in [0.29, 0.717) is 46.8 Å². The van der Waals surface area contributed by atoms with E-state index in [-0.39, 0.29) is 11.7 Å². The number of hydrogen-bond donors (Lipinski definition) is 1. The Kier molecular flexibility index (Phi) is 5.63. The van der Waals surface area contributed by atoms with E-state index in [1.54, 1.807) is 68.6 Å². The Labute approximate surface area is 205 Å². The van der Waals surface area contributed by atoms with Gasteiger partial charge in [0.15, 0.2) is 0 Å². The van der Waals surface area contributed by atoms with Gasteiger partial charge in [-0.15, -0.1) is 0 Å². The second-order valence-corrected chi connectivity index (χ2v) is 8.56. The predicted molar refractivity (Wildman–Crippen MR) is 134 cm³/mol. The number of aromatic nitrogens is 3. The Morgan fingerprint density at radius 1 is 0.944 bits per heavy atom. The monoisotopic (exact) mass is 486 g/mol. The van der Waals surface area contributed by atoms with Crippen molar-refractivity contribution in [2.24, 2.45) is 12.8 Å². The van der Waals surface area contributed by atoms with E-state index in [0.717, 1.165) is 5.56 Å². The fourth-order valence-electron chi connectivity index (χ4n) is 4.31. The maximum Gasteiger partial charge on any atom is 0.350 e. The van der Waals surface area contributed by atoms with Crippen molar-refractivity contribution >= 4 is 23.3 Å². The molecule has 10 heteroatoms. The first-order valence-corrected chi connectivity index (χ1v) is 11.2. The molecule has 36 heavy (non-hydrogen) atoms. The van der Waals surface area contributed by atoms with Crippen LogP contribution in [0.2, 0.25) is 0 Å². The number of amides is 3. The van der Waals surface area contributed by atoms with Crippen molar-refractivity contribution in [1.82, 2.24) is 14.3 Å². The van der Waals surface area contributed by atoms with Gasteiger partial charge in [0.25, 0.3) is 0 Å². The van der Waals surface area contributed by atoms with Crippen LogP contribution in [0.1, 0.15) is 15.9 Å². The van der Waals surface area contributed by atoms with E-state index < -0.39 is 11.7 Å². The van der Waals surface area contributed by atoms with Crippen LogP contribution in [0.15, 0.2) is 71.8 Å². The minimum absolute atomic E-state index is 0.273. The highest BCUT2D eigenvalue weighted by Crippen LogP contribution is 2.33. The second-order valence-electron chi connectivity index (χ2n) is 8.56. The molecular weight excluding hydrogens is 463 g/mol. The minimum Gasteiger partial charge on any atom is -0.366 e. The lowest BCUT2D eigenvalue weighted by atomic mass is 10.0. The summed E-state index contributed by atoms with van der Waals surface area (Å²) >= 11 is 0. The van der Waals surface area contributed by atoms with Crippen LogP contribution in [0.3, 0.4) is 0 Å². The first-order valence-electron chi connectivity index (χ1n) is 11.2. The Balaban J connectivity index is 1.46. The van der Waals surface area contributed by atoms with Crippen LogP contribution in [0.5, 0.6) is 0 Å². The molecule has 3 aromatic carbocycles. The number of halogens is 1. The lowest BCUT2D eigenvalue weighted by molar-refractivity contribution is 0.1000. The van der Waals surface area contributed by atoms with Crippen LogP contribution in [-0.4, -0.2) is 39.4 Å². The van der Waals surface area contributed by atoms with E-state index in [1.165, 1.54) is 31.4 Å². The van der Waals surface area contributed by atoms with E-state index in [1.807, 2.05) is 0 Å². The molecule has 3 amide bonds. The summed E-state index contributed by atoms with van der Waals surface area (Å²) in [5.74, 6) is -1.01. The van der Waals surface area contributed by atoms with Crippen LogP contribution in [0.4, 0.5) is 20.6 Å². The molecule has 1 aliphatic rings. The summed E-state index contributed by atoms with van der Waals surface area (Å²) in [7, 11) is 1.57. The number of primary amides is 1. The van der Waals surface area contributed by atoms with Gasteiger partial charge in [-0.05, 0) is 60.5 Å². The number of carbonyl (C=O) groups excluding carboxylic acids is 2. The Hall–Kier alpha value is -4.73. The lowest BCUT2D eigenvalue weighted by Gasteiger charge is -2.22. The number of carbonyl (C=O) groups is 2. The molecule has 1 saturated heterocycles. The zero-order chi connectivity index (χ0) is 25.6. The number of nitrogens with zero attached hydrogens (tertiary/aromatic N) is 5. The van der Waals surface area contributed by atoms with Gasteiger partial charge in [0.05, 0.1) is 11.4 Å². The Bertz CT molecular complexity index is 1560. The molecule has 1 aliphatic heterocycles. The summed E-state index contributed by atoms with van der Waals surface area (Å²) < 4.78 is 17.7. The van der Waals surface area contributed by atoms with Crippen molar-refractivity contribution in [1.29, 1.82) is 0 Å². The molecule has 4 aromatic rings. The third-order valence-corrected chi connectivity index (χ3v) is 6.36. The average Bonchev–Trinajstić information content (AvgIpc) is 3.42. The molecule has 9 nitrogen and oxygen atoms in total. The molecule has 0 atom stereocenters. The number of hydrogen-bond acceptors (Lipinski definition) is 4. The van der Waals surface area contributed by atoms with Gasteiger partial charge >= 0.3 is 11.7 Å². The molecule has 1 fully saturated rings. The lowest BCUT2D eigenvalue weighted by Crippen LogP contribution is -2.32. The third kappa shape index (κ3) is 3.92. The molecular formula is C26H23FN6O3. The molecule has 5 rings (SSSR count). The molecule has 0 aliphatic carbocycles. The van der Waals surface area contributed by atoms with Gasteiger partial charge < -0.3 is 5.73 Å². The molecule has 2 heterocycles. The fraction of sp³-hybridized carbons (Fsp3) is 0.154. The van der Waals surface area contributed by atoms with Crippen LogP contribution in [-0.2, 0) is 7.05 Å². The van der Waals surface area contributed by atoms with Gasteiger partial charge in [0.2, 0.25) is 5.91 Å². The van der Waals surface area contributed by atoms with Crippen molar-refractivity contribution in [3.05, 3.63) is 94.4 Å². The van der Waals surface area contributed by atoms with E-state index in [9.17, 15) is 14.4 Å². The Morgan fingerprint density at radius 3 is 2.33 bits per heavy atom. The van der Waals surface area contributed by atoms with Crippen molar-refractivity contribution < 1.29 is 14.0 Å². The number of anilines is 2. The van der Waals surface area contributed by atoms with Crippen molar-refractivity contribution in [3.8, 4) is 16.8 Å². The first kappa shape index (κ1) is 23.0. The summed E-state index contributed by atoms with van der Waals surface area (Å²) in [5, 5.41) is 3.95. The minimum atomic E-state index is -0.578. The number of aryl methyl sites for hydroxylation is 1. The van der Waals surface area contributed by atoms with E-state index in [4.69, 9.17) is 5.73 Å². The SMILES string of the molecule is Cc1c(F)cc(-c2ccc(-n3cnn(C)c3=O)cc2)cc1N1CCN(c2cccc(C(N)=O)c2)C1=O. The molecule has 0 saturated carbocycles. The molecule has 1 aromatic heterocycles. The second kappa shape index (κ2) is 8.81. The molecule has 182 valence electrons. The third-order valence-electron chi connectivity index (χ3n) is 6.36. The highest BCUT2D eigenvalue weighted by molar-refractivity contribution is 6.07. The summed E-state index contributed by atoms with van der Waals surface area (Å²) in [6.45, 7) is 2.36. The first-order chi connectivity index (χ1) is 17.2. The van der Waals surface area contributed by atoms with Gasteiger partial charge in [-0.25, -0.2) is 23.2 Å². The standard InChI is InChI=1S/C26H23FN6O3/c1-16-22(27)13-19(17-6-8-20(9-7-17)33-15-29-30(2)25(33)35)14-23(16)32-11-10-31(26(32)36)21-5-3-4-18(12-21)24(28)34/h3-9,12-15H,10-11H2,1-2H3,(H2,28,34). The summed E-state index contributed by atoms with van der Waals surface area (Å²) in [5.41, 5.74) is 8.75. The van der Waals surface area contributed by atoms with Gasteiger partial charge in [0.1, 0.15) is 12.1 Å². The Morgan fingerprint density at radius 2 is 1.67 bits per heavy atom. The van der Waals surface area contributed by atoms with Gasteiger partial charge in [0, 0.05) is 37.0 Å². The van der Waals surface area contributed by atoms with E-state index >= 15 is 4.39 Å². The predicted octanol–water partition coefficient (Wildman–Crippen LogP) is 3.23. The number of nitrogens with two attached hydrogens (primary N) is 1. The molecule has 2 N–H and O–H groups in total. The average molecular weight is 487 g/mol. The summed E-state index contributed by atoms with van der Waals surface area (Å²) in [6, 6.07) is 16.5. The van der Waals surface area contributed by atoms with Gasteiger partial charge in [-0.3, -0.25) is 14.6 Å². The van der Waals surface area contributed by atoms with Gasteiger partial charge in [-0.2, -0.15) is 5.10 Å². The largest absolute Gasteiger partial charge is 0.366 e. The van der Waals surface area contributed by atoms with Crippen LogP contribution >= 0.6 is 0 Å². The van der Waals surface area contributed by atoms with Gasteiger partial charge in [-0.1, -0.05) is 18.2 Å². The van der Waals surface area contributed by atoms with Crippen molar-refractivity contribution in [2.75, 3.05) is 22.9 Å². The molecule has 0 spiro atoms. The fourth-order valence-corrected chi connectivity index (χ4v) is 4.31. The summed E-state index contributed by atoms with van der Waals surface area (Å²) in [4.78, 5) is 40.1. The maximum absolute atomic E-state index is 15.0. The quantitative estimate of drug-likeness (QED) is 0.467. The normalized spacial score (nSPS) is 13.5. The highest BCUT2D eigenvalue weighted by atomic mass is 19.1. The van der Waals surface area contributed by atoms with Crippen LogP contribution < -0.4 is 21.2 Å². The van der Waals surface area contributed by atoms with Crippen LogP contribution in [0, 0.1) is 12.7 Å². The molecule has 0 unspecified atom stereocenters. The van der Waals surface area contributed by atoms with Crippen molar-refractivity contribution in [3.63, 3.8) is 0 Å². The number of rotatable bonds is 5. The zero-order valence-electron chi connectivity index (χ0n) is 19.7. The molecule has 0 bridgehead atoms. The molecule has 0 radical (unpaired) electrons. The zero-order valence-corrected chi connectivity index (χ0v) is 19.7. The topological polar surface area (TPSA) is 106 Å². The highest BCUT2D eigenvalue weighted by Gasteiger charge is 2.32. The maximum atomic E-state index is 15.0. The van der Waals surface area contributed by atoms with Crippen LogP contribution in [0.25, 0.3) is 16.8 Å². The van der Waals surface area contributed by atoms with E-state index in [2.05, 4.69) is 5.10 Å².